The van der Waals surface area contributed by atoms with Crippen LogP contribution >= 0.6 is 0 Å². The lowest BCUT2D eigenvalue weighted by Gasteiger charge is -2.34. The van der Waals surface area contributed by atoms with Crippen LogP contribution in [0.5, 0.6) is 0 Å². The van der Waals surface area contributed by atoms with Gasteiger partial charge in [0.25, 0.3) is 0 Å². The summed E-state index contributed by atoms with van der Waals surface area (Å²) >= 11 is 0. The summed E-state index contributed by atoms with van der Waals surface area (Å²) in [7, 11) is 0. The van der Waals surface area contributed by atoms with Crippen LogP contribution in [-0.4, -0.2) is 23.6 Å². The minimum Gasteiger partial charge on any atom is -0.271 e. The first-order valence-corrected chi connectivity index (χ1v) is 7.09. The van der Waals surface area contributed by atoms with E-state index in [4.69, 9.17) is 0 Å². The second kappa shape index (κ2) is 6.36. The first-order valence-electron chi connectivity index (χ1n) is 7.09. The predicted molar refractivity (Wildman–Crippen MR) is 73.0 cm³/mol. The van der Waals surface area contributed by atoms with E-state index >= 15 is 0 Å². The number of unbranched alkanes of at least 4 members (excludes halogenated alkanes) is 1. The average Bonchev–Trinajstić information content (AvgIpc) is 2.53. The fourth-order valence-corrected chi connectivity index (χ4v) is 2.63. The van der Waals surface area contributed by atoms with Crippen LogP contribution in [0, 0.1) is 11.8 Å². The van der Waals surface area contributed by atoms with Crippen LogP contribution in [0.3, 0.4) is 0 Å². The van der Waals surface area contributed by atoms with E-state index in [1.54, 1.807) is 0 Å². The van der Waals surface area contributed by atoms with Gasteiger partial charge in [-0.15, -0.1) is 0 Å². The molecular weight excluding hydrogens is 210 g/mol. The molecule has 1 unspecified atom stereocenters. The van der Waals surface area contributed by atoms with Gasteiger partial charge < -0.3 is 0 Å². The molecule has 1 heterocycles. The lowest BCUT2D eigenvalue weighted by atomic mass is 9.90. The molecule has 0 bridgehead atoms. The van der Waals surface area contributed by atoms with Crippen molar-refractivity contribution < 1.29 is 0 Å². The maximum atomic E-state index is 4.32. The third-order valence-electron chi connectivity index (χ3n) is 3.46. The van der Waals surface area contributed by atoms with Crippen LogP contribution < -0.4 is 0 Å². The highest BCUT2D eigenvalue weighted by atomic mass is 15.6. The van der Waals surface area contributed by atoms with Gasteiger partial charge in [0.15, 0.2) is 0 Å². The fourth-order valence-electron chi connectivity index (χ4n) is 2.63. The van der Waals surface area contributed by atoms with Gasteiger partial charge in [-0.1, -0.05) is 45.8 Å². The molecule has 1 aliphatic rings. The van der Waals surface area contributed by atoms with Crippen molar-refractivity contribution in [2.45, 2.75) is 65.8 Å². The standard InChI is InChI=1S/C14H29N3/c1-12(2)8-6-7-9-17-14(5,10-13(3)4)11-15-16-17/h12-13H,6-11H2,1-5H3. The Morgan fingerprint density at radius 2 is 1.82 bits per heavy atom. The van der Waals surface area contributed by atoms with E-state index in [9.17, 15) is 0 Å². The van der Waals surface area contributed by atoms with Crippen molar-refractivity contribution in [1.82, 2.24) is 5.01 Å². The largest absolute Gasteiger partial charge is 0.271 e. The summed E-state index contributed by atoms with van der Waals surface area (Å²) in [5.74, 6) is 1.53. The van der Waals surface area contributed by atoms with Crippen molar-refractivity contribution in [3.05, 3.63) is 0 Å². The highest BCUT2D eigenvalue weighted by molar-refractivity contribution is 4.90. The molecule has 100 valence electrons. The molecule has 0 aromatic carbocycles. The van der Waals surface area contributed by atoms with Crippen molar-refractivity contribution in [3.8, 4) is 0 Å². The van der Waals surface area contributed by atoms with E-state index in [2.05, 4.69) is 50.0 Å². The predicted octanol–water partition coefficient (Wildman–Crippen LogP) is 4.30. The topological polar surface area (TPSA) is 28.0 Å². The van der Waals surface area contributed by atoms with Crippen molar-refractivity contribution in [2.24, 2.45) is 22.2 Å². The number of rotatable bonds is 7. The lowest BCUT2D eigenvalue weighted by Crippen LogP contribution is -2.43. The summed E-state index contributed by atoms with van der Waals surface area (Å²) < 4.78 is 0. The second-order valence-electron chi connectivity index (χ2n) is 6.50. The molecule has 0 spiro atoms. The summed E-state index contributed by atoms with van der Waals surface area (Å²) in [4.78, 5) is 0. The van der Waals surface area contributed by atoms with Crippen LogP contribution in [-0.2, 0) is 0 Å². The molecule has 1 atom stereocenters. The Morgan fingerprint density at radius 1 is 1.12 bits per heavy atom. The molecule has 0 aliphatic carbocycles. The number of hydrogen-bond donors (Lipinski definition) is 0. The van der Waals surface area contributed by atoms with E-state index in [0.29, 0.717) is 5.92 Å². The Hall–Kier alpha value is -0.600. The number of nitrogens with zero attached hydrogens (tertiary/aromatic N) is 3. The van der Waals surface area contributed by atoms with E-state index in [0.717, 1.165) is 19.0 Å². The summed E-state index contributed by atoms with van der Waals surface area (Å²) in [5, 5.41) is 10.8. The van der Waals surface area contributed by atoms with Crippen molar-refractivity contribution in [2.75, 3.05) is 13.1 Å². The van der Waals surface area contributed by atoms with Crippen LogP contribution in [0.4, 0.5) is 0 Å². The molecule has 3 heteroatoms. The maximum absolute atomic E-state index is 4.32. The van der Waals surface area contributed by atoms with E-state index in [-0.39, 0.29) is 5.54 Å². The zero-order valence-corrected chi connectivity index (χ0v) is 12.2. The quantitative estimate of drug-likeness (QED) is 0.609. The molecule has 0 fully saturated rings. The third kappa shape index (κ3) is 4.64. The van der Waals surface area contributed by atoms with Crippen molar-refractivity contribution >= 4 is 0 Å². The molecule has 17 heavy (non-hydrogen) atoms. The van der Waals surface area contributed by atoms with Gasteiger partial charge in [0.2, 0.25) is 0 Å². The smallest absolute Gasteiger partial charge is 0.0866 e. The SMILES string of the molecule is CC(C)CCCCN1N=NCC1(C)CC(C)C. The van der Waals surface area contributed by atoms with Gasteiger partial charge in [0.05, 0.1) is 12.1 Å². The molecule has 0 saturated carbocycles. The summed E-state index contributed by atoms with van der Waals surface area (Å²) in [6, 6.07) is 0. The highest BCUT2D eigenvalue weighted by Gasteiger charge is 2.35. The summed E-state index contributed by atoms with van der Waals surface area (Å²) in [6.45, 7) is 13.4. The van der Waals surface area contributed by atoms with Gasteiger partial charge in [0.1, 0.15) is 0 Å². The molecule has 0 N–H and O–H groups in total. The summed E-state index contributed by atoms with van der Waals surface area (Å²) in [6.07, 6.45) is 5.06. The van der Waals surface area contributed by atoms with Crippen LogP contribution in [0.2, 0.25) is 0 Å². The zero-order chi connectivity index (χ0) is 12.9. The highest BCUT2D eigenvalue weighted by Crippen LogP contribution is 2.29. The molecule has 0 aromatic heterocycles. The Balaban J connectivity index is 2.33. The Kier molecular flexibility index (Phi) is 5.41. The second-order valence-corrected chi connectivity index (χ2v) is 6.50. The maximum Gasteiger partial charge on any atom is 0.0866 e. The monoisotopic (exact) mass is 239 g/mol. The molecule has 0 amide bonds. The van der Waals surface area contributed by atoms with Crippen LogP contribution in [0.15, 0.2) is 10.3 Å². The Labute approximate surface area is 107 Å². The Bertz CT molecular complexity index is 248. The van der Waals surface area contributed by atoms with E-state index in [1.165, 1.54) is 25.7 Å². The van der Waals surface area contributed by atoms with E-state index in [1.807, 2.05) is 0 Å². The van der Waals surface area contributed by atoms with Crippen LogP contribution in [0.1, 0.15) is 60.3 Å². The molecule has 0 saturated heterocycles. The van der Waals surface area contributed by atoms with Crippen LogP contribution in [0.25, 0.3) is 0 Å². The third-order valence-corrected chi connectivity index (χ3v) is 3.46. The van der Waals surface area contributed by atoms with Gasteiger partial charge in [-0.3, -0.25) is 5.01 Å². The first kappa shape index (κ1) is 14.5. The number of hydrogen-bond acceptors (Lipinski definition) is 3. The van der Waals surface area contributed by atoms with E-state index < -0.39 is 0 Å². The lowest BCUT2D eigenvalue weighted by molar-refractivity contribution is 0.118. The van der Waals surface area contributed by atoms with Gasteiger partial charge >= 0.3 is 0 Å². The molecular formula is C14H29N3. The average molecular weight is 239 g/mol. The molecule has 1 rings (SSSR count). The first-order chi connectivity index (χ1) is 7.94. The van der Waals surface area contributed by atoms with Gasteiger partial charge in [-0.2, -0.15) is 5.11 Å². The molecule has 0 aromatic rings. The van der Waals surface area contributed by atoms with Gasteiger partial charge in [-0.25, -0.2) is 0 Å². The summed E-state index contributed by atoms with van der Waals surface area (Å²) in [5.41, 5.74) is 0.173. The van der Waals surface area contributed by atoms with Crippen molar-refractivity contribution in [1.29, 1.82) is 0 Å². The minimum absolute atomic E-state index is 0.173. The fraction of sp³-hybridized carbons (Fsp3) is 1.00. The molecule has 1 aliphatic heterocycles. The zero-order valence-electron chi connectivity index (χ0n) is 12.2. The minimum atomic E-state index is 0.173. The molecule has 3 nitrogen and oxygen atoms in total. The molecule has 0 radical (unpaired) electrons. The van der Waals surface area contributed by atoms with Crippen molar-refractivity contribution in [3.63, 3.8) is 0 Å². The normalized spacial score (nSPS) is 24.3. The Morgan fingerprint density at radius 3 is 2.41 bits per heavy atom. The van der Waals surface area contributed by atoms with Gasteiger partial charge in [0, 0.05) is 6.54 Å². The van der Waals surface area contributed by atoms with Gasteiger partial charge in [-0.05, 0) is 31.6 Å².